The fourth-order valence-electron chi connectivity index (χ4n) is 2.93. The summed E-state index contributed by atoms with van der Waals surface area (Å²) in [6.07, 6.45) is 1.48. The standard InChI is InChI=1S/C20H21ClN4O3/c1-4-28-20(27)15-11-22-25(19(15)24-17(26)8-9-21)16-10-13(3)14-7-5-6-12(2)18(14)23-16/h5-7,10-11H,4,8-9H2,1-3H3,(H,24,26). The van der Waals surface area contributed by atoms with E-state index in [-0.39, 0.29) is 36.2 Å². The lowest BCUT2D eigenvalue weighted by Gasteiger charge is -2.12. The first-order valence-corrected chi connectivity index (χ1v) is 9.48. The largest absolute Gasteiger partial charge is 0.462 e. The lowest BCUT2D eigenvalue weighted by atomic mass is 10.1. The Hall–Kier alpha value is -2.93. The molecular weight excluding hydrogens is 380 g/mol. The Balaban J connectivity index is 2.15. The first-order valence-electron chi connectivity index (χ1n) is 8.94. The van der Waals surface area contributed by atoms with Crippen molar-refractivity contribution in [1.82, 2.24) is 14.8 Å². The van der Waals surface area contributed by atoms with E-state index in [0.717, 1.165) is 22.0 Å². The van der Waals surface area contributed by atoms with Crippen LogP contribution in [0.5, 0.6) is 0 Å². The van der Waals surface area contributed by atoms with E-state index >= 15 is 0 Å². The third-order valence-electron chi connectivity index (χ3n) is 4.30. The highest BCUT2D eigenvalue weighted by Gasteiger charge is 2.22. The minimum absolute atomic E-state index is 0.109. The number of carbonyl (C=O) groups excluding carboxylic acids is 2. The molecule has 0 aliphatic carbocycles. The van der Waals surface area contributed by atoms with Crippen molar-refractivity contribution in [2.45, 2.75) is 27.2 Å². The molecule has 0 saturated carbocycles. The number of esters is 1. The molecule has 0 atom stereocenters. The Kier molecular flexibility index (Phi) is 5.94. The molecule has 2 heterocycles. The first kappa shape index (κ1) is 19.8. The molecule has 0 aliphatic heterocycles. The number of alkyl halides is 1. The minimum atomic E-state index is -0.566. The van der Waals surface area contributed by atoms with Gasteiger partial charge in [-0.05, 0) is 38.0 Å². The van der Waals surface area contributed by atoms with Crippen molar-refractivity contribution in [1.29, 1.82) is 0 Å². The van der Waals surface area contributed by atoms with Crippen molar-refractivity contribution in [2.75, 3.05) is 17.8 Å². The molecule has 0 radical (unpaired) electrons. The number of nitrogens with zero attached hydrogens (tertiary/aromatic N) is 3. The van der Waals surface area contributed by atoms with Crippen LogP contribution in [0.4, 0.5) is 5.82 Å². The number of aromatic nitrogens is 3. The van der Waals surface area contributed by atoms with Gasteiger partial charge < -0.3 is 10.1 Å². The van der Waals surface area contributed by atoms with E-state index < -0.39 is 5.97 Å². The predicted molar refractivity (Wildman–Crippen MR) is 108 cm³/mol. The normalized spacial score (nSPS) is 10.9. The fourth-order valence-corrected chi connectivity index (χ4v) is 3.10. The maximum absolute atomic E-state index is 12.3. The molecule has 8 heteroatoms. The topological polar surface area (TPSA) is 86.1 Å². The number of halogens is 1. The second kappa shape index (κ2) is 8.39. The van der Waals surface area contributed by atoms with Crippen molar-refractivity contribution < 1.29 is 14.3 Å². The van der Waals surface area contributed by atoms with Crippen molar-refractivity contribution in [3.8, 4) is 5.82 Å². The van der Waals surface area contributed by atoms with E-state index in [1.807, 2.05) is 38.1 Å². The maximum atomic E-state index is 12.3. The van der Waals surface area contributed by atoms with Crippen LogP contribution in [0.25, 0.3) is 16.7 Å². The van der Waals surface area contributed by atoms with E-state index in [0.29, 0.717) is 5.82 Å². The number of pyridine rings is 1. The van der Waals surface area contributed by atoms with Crippen LogP contribution in [0.1, 0.15) is 34.8 Å². The zero-order valence-electron chi connectivity index (χ0n) is 16.0. The molecule has 2 aromatic heterocycles. The molecule has 3 aromatic rings. The zero-order chi connectivity index (χ0) is 20.3. The number of ether oxygens (including phenoxy) is 1. The minimum Gasteiger partial charge on any atom is -0.462 e. The number of amides is 1. The van der Waals surface area contributed by atoms with Crippen LogP contribution in [0.3, 0.4) is 0 Å². The van der Waals surface area contributed by atoms with Gasteiger partial charge in [0.2, 0.25) is 5.91 Å². The highest BCUT2D eigenvalue weighted by atomic mass is 35.5. The van der Waals surface area contributed by atoms with Crippen LogP contribution in [-0.4, -0.2) is 39.1 Å². The molecule has 28 heavy (non-hydrogen) atoms. The lowest BCUT2D eigenvalue weighted by Crippen LogP contribution is -2.18. The number of benzene rings is 1. The Morgan fingerprint density at radius 1 is 1.25 bits per heavy atom. The summed E-state index contributed by atoms with van der Waals surface area (Å²) in [5.74, 6) is -0.00893. The number of aryl methyl sites for hydroxylation is 2. The summed E-state index contributed by atoms with van der Waals surface area (Å²) >= 11 is 5.66. The summed E-state index contributed by atoms with van der Waals surface area (Å²) in [6, 6.07) is 7.83. The Bertz CT molecular complexity index is 1050. The van der Waals surface area contributed by atoms with Crippen LogP contribution in [0.15, 0.2) is 30.5 Å². The molecule has 0 spiro atoms. The molecule has 0 aliphatic rings. The predicted octanol–water partition coefficient (Wildman–Crippen LogP) is 3.78. The number of carbonyl (C=O) groups is 2. The second-order valence-corrected chi connectivity index (χ2v) is 6.67. The smallest absolute Gasteiger partial charge is 0.343 e. The quantitative estimate of drug-likeness (QED) is 0.502. The highest BCUT2D eigenvalue weighted by Crippen LogP contribution is 2.26. The van der Waals surface area contributed by atoms with Gasteiger partial charge in [0.05, 0.1) is 18.3 Å². The van der Waals surface area contributed by atoms with Gasteiger partial charge >= 0.3 is 5.97 Å². The van der Waals surface area contributed by atoms with Crippen LogP contribution in [0.2, 0.25) is 0 Å². The van der Waals surface area contributed by atoms with Gasteiger partial charge in [0.25, 0.3) is 0 Å². The van der Waals surface area contributed by atoms with Crippen molar-refractivity contribution in [3.63, 3.8) is 0 Å². The Morgan fingerprint density at radius 2 is 2.04 bits per heavy atom. The third-order valence-corrected chi connectivity index (χ3v) is 4.48. The van der Waals surface area contributed by atoms with Gasteiger partial charge in [0, 0.05) is 17.7 Å². The molecule has 1 amide bonds. The third kappa shape index (κ3) is 3.84. The van der Waals surface area contributed by atoms with Crippen LogP contribution >= 0.6 is 11.6 Å². The number of nitrogens with one attached hydrogen (secondary N) is 1. The van der Waals surface area contributed by atoms with E-state index in [2.05, 4.69) is 10.4 Å². The van der Waals surface area contributed by atoms with Crippen molar-refractivity contribution in [2.24, 2.45) is 0 Å². The number of hydrogen-bond donors (Lipinski definition) is 1. The van der Waals surface area contributed by atoms with Gasteiger partial charge in [-0.15, -0.1) is 11.6 Å². The Labute approximate surface area is 167 Å². The van der Waals surface area contributed by atoms with Crippen LogP contribution in [0, 0.1) is 13.8 Å². The molecule has 3 rings (SSSR count). The summed E-state index contributed by atoms with van der Waals surface area (Å²) in [5.41, 5.74) is 3.03. The molecule has 7 nitrogen and oxygen atoms in total. The van der Waals surface area contributed by atoms with E-state index in [1.165, 1.54) is 10.9 Å². The SMILES string of the molecule is CCOC(=O)c1cnn(-c2cc(C)c3cccc(C)c3n2)c1NC(=O)CCCl. The zero-order valence-corrected chi connectivity index (χ0v) is 16.7. The summed E-state index contributed by atoms with van der Waals surface area (Å²) in [5, 5.41) is 8.04. The number of fused-ring (bicyclic) bond motifs is 1. The van der Waals surface area contributed by atoms with Gasteiger partial charge in [0.15, 0.2) is 11.6 Å². The summed E-state index contributed by atoms with van der Waals surface area (Å²) in [4.78, 5) is 29.2. The van der Waals surface area contributed by atoms with Crippen LogP contribution in [-0.2, 0) is 9.53 Å². The Morgan fingerprint density at radius 3 is 2.75 bits per heavy atom. The molecule has 146 valence electrons. The lowest BCUT2D eigenvalue weighted by molar-refractivity contribution is -0.115. The maximum Gasteiger partial charge on any atom is 0.343 e. The molecule has 1 N–H and O–H groups in total. The van der Waals surface area contributed by atoms with Gasteiger partial charge in [-0.25, -0.2) is 9.78 Å². The van der Waals surface area contributed by atoms with Crippen LogP contribution < -0.4 is 5.32 Å². The fraction of sp³-hybridized carbons (Fsp3) is 0.300. The molecule has 0 unspecified atom stereocenters. The highest BCUT2D eigenvalue weighted by molar-refractivity contribution is 6.19. The number of rotatable bonds is 6. The first-order chi connectivity index (χ1) is 13.5. The van der Waals surface area contributed by atoms with Gasteiger partial charge in [-0.2, -0.15) is 9.78 Å². The summed E-state index contributed by atoms with van der Waals surface area (Å²) in [6.45, 7) is 5.89. The number of hydrogen-bond acceptors (Lipinski definition) is 5. The molecule has 1 aromatic carbocycles. The van der Waals surface area contributed by atoms with E-state index in [9.17, 15) is 9.59 Å². The monoisotopic (exact) mass is 400 g/mol. The van der Waals surface area contributed by atoms with Crippen molar-refractivity contribution >= 4 is 40.2 Å². The average Bonchev–Trinajstić information content (AvgIpc) is 3.06. The molecule has 0 bridgehead atoms. The van der Waals surface area contributed by atoms with E-state index in [1.54, 1.807) is 6.92 Å². The van der Waals surface area contributed by atoms with E-state index in [4.69, 9.17) is 21.3 Å². The summed E-state index contributed by atoms with van der Waals surface area (Å²) in [7, 11) is 0. The van der Waals surface area contributed by atoms with Gasteiger partial charge in [-0.1, -0.05) is 18.2 Å². The molecular formula is C20H21ClN4O3. The number of para-hydroxylation sites is 1. The van der Waals surface area contributed by atoms with Crippen molar-refractivity contribution in [3.05, 3.63) is 47.2 Å². The van der Waals surface area contributed by atoms with Gasteiger partial charge in [0.1, 0.15) is 5.56 Å². The number of anilines is 1. The average molecular weight is 401 g/mol. The van der Waals surface area contributed by atoms with Gasteiger partial charge in [-0.3, -0.25) is 4.79 Å². The second-order valence-electron chi connectivity index (χ2n) is 6.29. The molecule has 0 fully saturated rings. The molecule has 0 saturated heterocycles. The summed E-state index contributed by atoms with van der Waals surface area (Å²) < 4.78 is 6.52.